The summed E-state index contributed by atoms with van der Waals surface area (Å²) >= 11 is 24.5. The molecule has 806 valence electrons. The minimum absolute atomic E-state index is 0.0214. The third kappa shape index (κ3) is 54.1. The Labute approximate surface area is 902 Å². The summed E-state index contributed by atoms with van der Waals surface area (Å²) in [5.74, 6) is 5.74. The van der Waals surface area contributed by atoms with Crippen molar-refractivity contribution in [2.45, 2.75) is 363 Å². The molecule has 0 aromatic heterocycles. The second kappa shape index (κ2) is 54.4. The van der Waals surface area contributed by atoms with E-state index in [-0.39, 0.29) is 111 Å². The predicted octanol–water partition coefficient (Wildman–Crippen LogP) is 35.6. The monoisotopic (exact) mass is 2220 g/mol. The molecule has 147 heavy (non-hydrogen) atoms. The van der Waals surface area contributed by atoms with Crippen molar-refractivity contribution < 1.29 is 72.2 Å². The van der Waals surface area contributed by atoms with Crippen LogP contribution < -0.4 is 42.6 Å². The Bertz CT molecular complexity index is 5930. The highest BCUT2D eigenvalue weighted by molar-refractivity contribution is 9.11. The molecule has 0 bridgehead atoms. The highest BCUT2D eigenvalue weighted by atomic mass is 79.9. The molecule has 0 unspecified atom stereocenters. The average molecular weight is 2230 g/mol. The van der Waals surface area contributed by atoms with Crippen molar-refractivity contribution in [3.8, 4) is 57.8 Å². The number of halogens is 5. The molecule has 9 aromatic rings. The molecule has 9 aromatic carbocycles. The van der Waals surface area contributed by atoms with Gasteiger partial charge >= 0.3 is 5.69 Å². The lowest BCUT2D eigenvalue weighted by atomic mass is 9.78. The number of aryl methyl sites for hydroxylation is 3. The van der Waals surface area contributed by atoms with Crippen molar-refractivity contribution >= 4 is 107 Å². The quantitative estimate of drug-likeness (QED) is 0.0375. The van der Waals surface area contributed by atoms with E-state index in [0.717, 1.165) is 54.5 Å². The largest absolute Gasteiger partial charge is 0.488 e. The van der Waals surface area contributed by atoms with Crippen molar-refractivity contribution in [1.82, 2.24) is 0 Å². The first-order valence-electron chi connectivity index (χ1n) is 47.2. The Balaban J connectivity index is 0.000000833. The van der Waals surface area contributed by atoms with Crippen LogP contribution in [0.15, 0.2) is 172 Å². The van der Waals surface area contributed by atoms with Gasteiger partial charge in [-0.15, -0.1) is 0 Å². The van der Waals surface area contributed by atoms with E-state index in [1.807, 2.05) is 189 Å². The van der Waals surface area contributed by atoms with Crippen LogP contribution in [-0.2, 0) is 21.7 Å². The highest BCUT2D eigenvalue weighted by Crippen LogP contribution is 2.46. The van der Waals surface area contributed by atoms with E-state index in [1.165, 1.54) is 77.4 Å². The number of ether oxygens (including phenoxy) is 9. The van der Waals surface area contributed by atoms with Gasteiger partial charge in [0.05, 0.1) is 74.9 Å². The number of nitro groups is 6. The Morgan fingerprint density at radius 3 is 1.03 bits per heavy atom. The Morgan fingerprint density at radius 1 is 0.327 bits per heavy atom. The number of allylic oxidation sites excluding steroid dienone is 1. The van der Waals surface area contributed by atoms with E-state index in [1.54, 1.807) is 82.3 Å². The third-order valence-corrected chi connectivity index (χ3v) is 19.7. The minimum Gasteiger partial charge on any atom is -0.488 e. The standard InChI is InChI=1S/C22H30N2O.C19H32O.C11H14ClNO3.C11H15NO3.C10H12Br2O.C10H12Cl2O.C10H12N2O5.2C10H13NO3/c1-20(2,3)17-12-15(11-16(14-23)24-10)13-18(21(4,5)6)19(17)25-22(7,8)9;1-13-11-14(17(2,3)4)16(20-19(8,9)10)15(12-13)18(5,6)7;1-7-5-8(13(14)15)6-9(12)10(7)16-11(2,3)4;1-8-5-9(12(13)14)7-10(6-8)15-11(2,3)4;2*1-10(2,3)13-9-5-4-7(11)6-8(9)12;1-10(2,3)17-9-5-4-7(11(13)14)6-8(9)12(15)16;1-10(2,3)14-9-6-4-8(5-7-9)11(12)13;1-10(2,3)14-9-6-4-5-8(7-9)11(12)13/h11-13H,1-9H3;11-12H,1-10H3;5-6H,1-4H3;5-7H,1-4H3;2*4-6H,1-3H3;4-6H,1-3H3;2*4-7H,1-3H3/b16-11-;;;;;;;;. The highest BCUT2D eigenvalue weighted by Gasteiger charge is 2.34. The zero-order valence-electron chi connectivity index (χ0n) is 93.6. The molecule has 0 saturated heterocycles. The van der Waals surface area contributed by atoms with Gasteiger partial charge in [0.1, 0.15) is 96.4 Å². The second-order valence-electron chi connectivity index (χ2n) is 47.2. The molecule has 0 fully saturated rings. The first kappa shape index (κ1) is 133. The number of rotatable bonds is 16. The van der Waals surface area contributed by atoms with Crippen LogP contribution in [0.3, 0.4) is 0 Å². The van der Waals surface area contributed by atoms with Crippen LogP contribution in [0.4, 0.5) is 34.1 Å². The number of benzene rings is 9. The van der Waals surface area contributed by atoms with Crippen molar-refractivity contribution in [2.24, 2.45) is 0 Å². The summed E-state index contributed by atoms with van der Waals surface area (Å²) in [7, 11) is 0. The van der Waals surface area contributed by atoms with Crippen LogP contribution in [0, 0.1) is 99.4 Å². The van der Waals surface area contributed by atoms with Crippen molar-refractivity contribution in [3.63, 3.8) is 0 Å². The van der Waals surface area contributed by atoms with Crippen LogP contribution in [0.5, 0.6) is 51.7 Å². The molecule has 34 heteroatoms. The molecule has 0 amide bonds. The summed E-state index contributed by atoms with van der Waals surface area (Å²) in [6.07, 6.45) is 1.65. The maximum Gasteiger partial charge on any atom is 0.317 e. The van der Waals surface area contributed by atoms with Crippen molar-refractivity contribution in [2.75, 3.05) is 0 Å². The van der Waals surface area contributed by atoms with Crippen LogP contribution in [0.1, 0.15) is 315 Å². The number of hydrogen-bond donors (Lipinski definition) is 0. The number of hydrogen-bond acceptors (Lipinski definition) is 22. The van der Waals surface area contributed by atoms with E-state index in [2.05, 4.69) is 160 Å². The Morgan fingerprint density at radius 2 is 0.667 bits per heavy atom. The van der Waals surface area contributed by atoms with Gasteiger partial charge in [0, 0.05) is 74.2 Å². The minimum atomic E-state index is -0.700. The molecular formula is C113H153Br2Cl3N8O21. The third-order valence-electron chi connectivity index (χ3n) is 17.7. The lowest BCUT2D eigenvalue weighted by Gasteiger charge is -2.34. The van der Waals surface area contributed by atoms with E-state index < -0.39 is 40.8 Å². The SMILES string of the molecule is CC(C)(C)Oc1ccc(Br)cc1Br.CC(C)(C)Oc1ccc(Cl)cc1Cl.CC(C)(C)Oc1ccc([N+](=O)[O-])cc1.CC(C)(C)Oc1ccc([N+](=O)[O-])cc1[N+](=O)[O-].CC(C)(C)Oc1cccc([N+](=O)[O-])c1.Cc1cc(C(C)(C)C)c(OC(C)(C)C)c(C(C)(C)C)c1.Cc1cc(OC(C)(C)C)cc([N+](=O)[O-])c1.Cc1cc([N+](=O)[O-])cc(Cl)c1OC(C)(C)C.[C-]#[N+]/C(C#N)=C\c1cc(C(C)(C)C)c(OC(C)(C)C)c(C(C)(C)C)c1. The summed E-state index contributed by atoms with van der Waals surface area (Å²) in [4.78, 5) is 63.5. The summed E-state index contributed by atoms with van der Waals surface area (Å²) in [6.45, 7) is 91.8. The molecule has 0 spiro atoms. The molecule has 0 aliphatic carbocycles. The van der Waals surface area contributed by atoms with Gasteiger partial charge in [-0.2, -0.15) is 0 Å². The van der Waals surface area contributed by atoms with E-state index >= 15 is 0 Å². The summed E-state index contributed by atoms with van der Waals surface area (Å²) in [5, 5.41) is 73.9. The number of nitriles is 1. The van der Waals surface area contributed by atoms with Crippen LogP contribution in [-0.4, -0.2) is 79.9 Å². The lowest BCUT2D eigenvalue weighted by molar-refractivity contribution is -0.395. The van der Waals surface area contributed by atoms with Gasteiger partial charge in [0.2, 0.25) is 0 Å². The molecule has 0 radical (unpaired) electrons. The van der Waals surface area contributed by atoms with Crippen molar-refractivity contribution in [1.29, 1.82) is 5.26 Å². The van der Waals surface area contributed by atoms with Crippen LogP contribution in [0.25, 0.3) is 10.9 Å². The second-order valence-corrected chi connectivity index (χ2v) is 50.3. The Kier molecular flexibility index (Phi) is 49.2. The van der Waals surface area contributed by atoms with Gasteiger partial charge in [-0.1, -0.05) is 158 Å². The molecule has 0 heterocycles. The fraction of sp³-hybridized carbons (Fsp3) is 0.487. The van der Waals surface area contributed by atoms with E-state index in [4.69, 9.17) is 89.3 Å². The number of non-ortho nitro benzene ring substituents is 5. The maximum absolute atomic E-state index is 10.8. The molecular weight excluding hydrogens is 2070 g/mol. The molecule has 0 atom stereocenters. The molecule has 0 saturated carbocycles. The first-order valence-corrected chi connectivity index (χ1v) is 49.9. The van der Waals surface area contributed by atoms with Crippen molar-refractivity contribution in [3.05, 3.63) is 304 Å². The lowest BCUT2D eigenvalue weighted by Crippen LogP contribution is -2.28. The van der Waals surface area contributed by atoms with E-state index in [9.17, 15) is 60.7 Å². The fourth-order valence-electron chi connectivity index (χ4n) is 12.3. The van der Waals surface area contributed by atoms with Crippen LogP contribution >= 0.6 is 66.7 Å². The van der Waals surface area contributed by atoms with Gasteiger partial charge < -0.3 is 42.6 Å². The van der Waals surface area contributed by atoms with Gasteiger partial charge in [0.15, 0.2) is 5.75 Å². The van der Waals surface area contributed by atoms with Crippen LogP contribution in [0.2, 0.25) is 15.1 Å². The summed E-state index contributed by atoms with van der Waals surface area (Å²) < 4.78 is 53.7. The van der Waals surface area contributed by atoms with Gasteiger partial charge in [-0.05, 0) is 347 Å². The zero-order chi connectivity index (χ0) is 115. The van der Waals surface area contributed by atoms with E-state index in [0.29, 0.717) is 44.4 Å². The first-order chi connectivity index (χ1) is 66.1. The summed E-state index contributed by atoms with van der Waals surface area (Å²) in [5.41, 5.74) is 4.98. The average Bonchev–Trinajstić information content (AvgIpc) is 0.764. The van der Waals surface area contributed by atoms with Gasteiger partial charge in [-0.25, -0.2) is 10.1 Å². The zero-order valence-corrected chi connectivity index (χ0v) is 99.1. The molecule has 0 aliphatic heterocycles. The smallest absolute Gasteiger partial charge is 0.317 e. The molecule has 9 rings (SSSR count). The fourth-order valence-corrected chi connectivity index (χ4v) is 14.1. The van der Waals surface area contributed by atoms with Gasteiger partial charge in [0.25, 0.3) is 34.1 Å². The molecule has 0 aliphatic rings. The number of nitrogens with zero attached hydrogens (tertiary/aromatic N) is 8. The topological polar surface area (TPSA) is 370 Å². The maximum atomic E-state index is 10.8. The normalized spacial score (nSPS) is 11.9. The molecule has 0 N–H and O–H groups in total. The number of nitro benzene ring substituents is 6. The molecule has 29 nitrogen and oxygen atoms in total. The van der Waals surface area contributed by atoms with Gasteiger partial charge in [-0.3, -0.25) is 60.7 Å². The predicted molar refractivity (Wildman–Crippen MR) is 601 cm³/mol. The summed E-state index contributed by atoms with van der Waals surface area (Å²) in [6, 6.07) is 44.7. The Hall–Kier alpha value is -11.9.